The van der Waals surface area contributed by atoms with Crippen LogP contribution in [0.3, 0.4) is 0 Å². The monoisotopic (exact) mass is 316 g/mol. The summed E-state index contributed by atoms with van der Waals surface area (Å²) in [6.45, 7) is 4.79. The molecule has 0 spiro atoms. The minimum absolute atomic E-state index is 0.112. The van der Waals surface area contributed by atoms with Crippen LogP contribution >= 0.6 is 0 Å². The van der Waals surface area contributed by atoms with Crippen molar-refractivity contribution in [3.8, 4) is 0 Å². The number of aromatic nitrogens is 2. The van der Waals surface area contributed by atoms with E-state index in [9.17, 15) is 12.8 Å². The molecule has 1 fully saturated rings. The van der Waals surface area contributed by atoms with Gasteiger partial charge in [0.05, 0.1) is 18.1 Å². The van der Waals surface area contributed by atoms with Crippen LogP contribution in [0.15, 0.2) is 12.4 Å². The Balaban J connectivity index is 1.87. The molecule has 6 nitrogen and oxygen atoms in total. The number of anilines is 1. The van der Waals surface area contributed by atoms with Gasteiger partial charge in [-0.05, 0) is 18.8 Å². The van der Waals surface area contributed by atoms with Crippen LogP contribution in [0.4, 0.5) is 10.3 Å². The topological polar surface area (TPSA) is 75.2 Å². The van der Waals surface area contributed by atoms with Gasteiger partial charge in [0.1, 0.15) is 0 Å². The van der Waals surface area contributed by atoms with Crippen LogP contribution in [0.25, 0.3) is 0 Å². The molecule has 0 saturated carbocycles. The number of piperidine rings is 1. The van der Waals surface area contributed by atoms with Crippen LogP contribution < -0.4 is 5.32 Å². The summed E-state index contributed by atoms with van der Waals surface area (Å²) >= 11 is 0. The Bertz CT molecular complexity index is 554. The maximum Gasteiger partial charge on any atom is 0.222 e. The molecule has 0 bridgehead atoms. The van der Waals surface area contributed by atoms with Gasteiger partial charge in [-0.25, -0.2) is 27.1 Å². The van der Waals surface area contributed by atoms with Gasteiger partial charge in [0.15, 0.2) is 5.82 Å². The highest BCUT2D eigenvalue weighted by atomic mass is 32.2. The fourth-order valence-corrected chi connectivity index (χ4v) is 4.19. The van der Waals surface area contributed by atoms with Crippen molar-refractivity contribution in [3.63, 3.8) is 0 Å². The molecule has 0 aromatic carbocycles. The smallest absolute Gasteiger partial charge is 0.222 e. The minimum atomic E-state index is -3.16. The Kier molecular flexibility index (Phi) is 5.10. The molecular weight excluding hydrogens is 295 g/mol. The van der Waals surface area contributed by atoms with E-state index < -0.39 is 15.8 Å². The van der Waals surface area contributed by atoms with Crippen molar-refractivity contribution < 1.29 is 12.8 Å². The molecule has 0 aliphatic carbocycles. The molecule has 1 N–H and O–H groups in total. The quantitative estimate of drug-likeness (QED) is 0.890. The Morgan fingerprint density at radius 3 is 2.43 bits per heavy atom. The van der Waals surface area contributed by atoms with Crippen LogP contribution in [-0.4, -0.2) is 47.6 Å². The van der Waals surface area contributed by atoms with E-state index >= 15 is 0 Å². The summed E-state index contributed by atoms with van der Waals surface area (Å²) in [7, 11) is -3.16. The van der Waals surface area contributed by atoms with Gasteiger partial charge in [0, 0.05) is 19.1 Å². The molecule has 1 aromatic heterocycles. The van der Waals surface area contributed by atoms with Gasteiger partial charge >= 0.3 is 0 Å². The molecule has 118 valence electrons. The van der Waals surface area contributed by atoms with Crippen LogP contribution in [0, 0.1) is 11.7 Å². The Morgan fingerprint density at radius 2 is 1.90 bits per heavy atom. The summed E-state index contributed by atoms with van der Waals surface area (Å²) in [6, 6.07) is 0.112. The van der Waals surface area contributed by atoms with Gasteiger partial charge in [0.25, 0.3) is 0 Å². The van der Waals surface area contributed by atoms with Gasteiger partial charge in [-0.2, -0.15) is 0 Å². The third-order valence-corrected chi connectivity index (χ3v) is 5.58. The second-order valence-electron chi connectivity index (χ2n) is 5.71. The van der Waals surface area contributed by atoms with Crippen LogP contribution in [0.2, 0.25) is 0 Å². The maximum atomic E-state index is 12.7. The first-order valence-corrected chi connectivity index (χ1v) is 8.69. The lowest BCUT2D eigenvalue weighted by atomic mass is 10.1. The molecule has 2 heterocycles. The van der Waals surface area contributed by atoms with Crippen LogP contribution in [0.1, 0.15) is 26.7 Å². The first-order chi connectivity index (χ1) is 9.87. The van der Waals surface area contributed by atoms with E-state index in [1.54, 1.807) is 4.31 Å². The van der Waals surface area contributed by atoms with E-state index in [1.165, 1.54) is 0 Å². The van der Waals surface area contributed by atoms with Gasteiger partial charge in [-0.15, -0.1) is 0 Å². The first-order valence-electron chi connectivity index (χ1n) is 7.09. The van der Waals surface area contributed by atoms with E-state index in [4.69, 9.17) is 0 Å². The zero-order chi connectivity index (χ0) is 15.5. The minimum Gasteiger partial charge on any atom is -0.351 e. The summed E-state index contributed by atoms with van der Waals surface area (Å²) in [5.74, 6) is 0.208. The average molecular weight is 316 g/mol. The summed E-state index contributed by atoms with van der Waals surface area (Å²) in [6.07, 6.45) is 3.60. The van der Waals surface area contributed by atoms with E-state index in [2.05, 4.69) is 15.3 Å². The van der Waals surface area contributed by atoms with Crippen molar-refractivity contribution in [3.05, 3.63) is 18.2 Å². The number of nitrogens with one attached hydrogen (secondary N) is 1. The average Bonchev–Trinajstić information content (AvgIpc) is 2.41. The SMILES string of the molecule is CC(C)CS(=O)(=O)N1CCC(Nc2ncc(F)cn2)CC1. The van der Waals surface area contributed by atoms with Gasteiger partial charge in [-0.1, -0.05) is 13.8 Å². The molecule has 0 unspecified atom stereocenters. The summed E-state index contributed by atoms with van der Waals surface area (Å²) < 4.78 is 38.6. The second kappa shape index (κ2) is 6.65. The van der Waals surface area contributed by atoms with E-state index in [-0.39, 0.29) is 17.7 Å². The third kappa shape index (κ3) is 4.60. The maximum absolute atomic E-state index is 12.7. The second-order valence-corrected chi connectivity index (χ2v) is 7.73. The summed E-state index contributed by atoms with van der Waals surface area (Å²) in [5, 5.41) is 3.11. The van der Waals surface area contributed by atoms with Crippen molar-refractivity contribution >= 4 is 16.0 Å². The Labute approximate surface area is 124 Å². The summed E-state index contributed by atoms with van der Waals surface area (Å²) in [4.78, 5) is 7.70. The third-order valence-electron chi connectivity index (χ3n) is 3.34. The predicted octanol–water partition coefficient (Wildman–Crippen LogP) is 1.48. The van der Waals surface area contributed by atoms with E-state index in [1.807, 2.05) is 13.8 Å². The van der Waals surface area contributed by atoms with Gasteiger partial charge in [-0.3, -0.25) is 0 Å². The standard InChI is InChI=1S/C13H21FN4O2S/c1-10(2)9-21(19,20)18-5-3-12(4-6-18)17-13-15-7-11(14)8-16-13/h7-8,10,12H,3-6,9H2,1-2H3,(H,15,16,17). The molecule has 1 aliphatic rings. The molecular formula is C13H21FN4O2S. The number of hydrogen-bond donors (Lipinski definition) is 1. The number of nitrogens with zero attached hydrogens (tertiary/aromatic N) is 3. The normalized spacial score (nSPS) is 18.1. The molecule has 0 atom stereocenters. The summed E-state index contributed by atoms with van der Waals surface area (Å²) in [5.41, 5.74) is 0. The van der Waals surface area contributed by atoms with Crippen molar-refractivity contribution in [2.45, 2.75) is 32.7 Å². The predicted molar refractivity (Wildman–Crippen MR) is 78.8 cm³/mol. The van der Waals surface area contributed by atoms with Crippen molar-refractivity contribution in [1.29, 1.82) is 0 Å². The highest BCUT2D eigenvalue weighted by Gasteiger charge is 2.28. The van der Waals surface area contributed by atoms with Crippen LogP contribution in [-0.2, 0) is 10.0 Å². The van der Waals surface area contributed by atoms with E-state index in [0.29, 0.717) is 31.9 Å². The number of sulfonamides is 1. The van der Waals surface area contributed by atoms with E-state index in [0.717, 1.165) is 12.4 Å². The van der Waals surface area contributed by atoms with Crippen molar-refractivity contribution in [2.75, 3.05) is 24.2 Å². The number of hydrogen-bond acceptors (Lipinski definition) is 5. The first kappa shape index (κ1) is 16.1. The zero-order valence-electron chi connectivity index (χ0n) is 12.3. The largest absolute Gasteiger partial charge is 0.351 e. The highest BCUT2D eigenvalue weighted by Crippen LogP contribution is 2.18. The van der Waals surface area contributed by atoms with Gasteiger partial charge < -0.3 is 5.32 Å². The Morgan fingerprint density at radius 1 is 1.33 bits per heavy atom. The van der Waals surface area contributed by atoms with Crippen LogP contribution in [0.5, 0.6) is 0 Å². The number of halogens is 1. The fourth-order valence-electron chi connectivity index (χ4n) is 2.37. The lowest BCUT2D eigenvalue weighted by Gasteiger charge is -2.32. The molecule has 1 saturated heterocycles. The Hall–Kier alpha value is -1.28. The fraction of sp³-hybridized carbons (Fsp3) is 0.692. The molecule has 1 aromatic rings. The zero-order valence-corrected chi connectivity index (χ0v) is 13.1. The molecule has 2 rings (SSSR count). The number of rotatable bonds is 5. The molecule has 1 aliphatic heterocycles. The lowest BCUT2D eigenvalue weighted by Crippen LogP contribution is -2.44. The van der Waals surface area contributed by atoms with Crippen molar-refractivity contribution in [2.24, 2.45) is 5.92 Å². The van der Waals surface area contributed by atoms with Crippen molar-refractivity contribution in [1.82, 2.24) is 14.3 Å². The molecule has 0 amide bonds. The molecule has 0 radical (unpaired) electrons. The molecule has 8 heteroatoms. The molecule has 21 heavy (non-hydrogen) atoms. The highest BCUT2D eigenvalue weighted by molar-refractivity contribution is 7.89. The van der Waals surface area contributed by atoms with Gasteiger partial charge in [0.2, 0.25) is 16.0 Å². The lowest BCUT2D eigenvalue weighted by molar-refractivity contribution is 0.327.